The minimum atomic E-state index is -0.494. The SMILES string of the molecule is Cc1nc(C(C)NNC(=O)OC(C)(C)C)cs1. The van der Waals surface area contributed by atoms with Gasteiger partial charge < -0.3 is 4.74 Å². The number of rotatable bonds is 3. The minimum absolute atomic E-state index is 0.0486. The van der Waals surface area contributed by atoms with Gasteiger partial charge in [-0.25, -0.2) is 15.2 Å². The molecule has 0 saturated carbocycles. The number of hydrogen-bond acceptors (Lipinski definition) is 5. The van der Waals surface area contributed by atoms with Crippen LogP contribution in [-0.4, -0.2) is 16.7 Å². The van der Waals surface area contributed by atoms with Crippen molar-refractivity contribution in [1.29, 1.82) is 0 Å². The molecule has 1 aromatic rings. The number of hydrogen-bond donors (Lipinski definition) is 2. The molecular formula is C11H19N3O2S. The molecule has 1 amide bonds. The summed E-state index contributed by atoms with van der Waals surface area (Å²) >= 11 is 1.58. The number of aryl methyl sites for hydroxylation is 1. The van der Waals surface area contributed by atoms with Gasteiger partial charge >= 0.3 is 6.09 Å². The average Bonchev–Trinajstić information content (AvgIpc) is 2.58. The van der Waals surface area contributed by atoms with Crippen LogP contribution in [0.3, 0.4) is 0 Å². The fourth-order valence-corrected chi connectivity index (χ4v) is 1.83. The summed E-state index contributed by atoms with van der Waals surface area (Å²) in [6.45, 7) is 9.33. The molecule has 0 bridgehead atoms. The number of nitrogens with zero attached hydrogens (tertiary/aromatic N) is 1. The lowest BCUT2D eigenvalue weighted by atomic mass is 10.2. The Morgan fingerprint density at radius 1 is 1.53 bits per heavy atom. The van der Waals surface area contributed by atoms with E-state index in [-0.39, 0.29) is 6.04 Å². The van der Waals surface area contributed by atoms with Gasteiger partial charge in [0.2, 0.25) is 0 Å². The summed E-state index contributed by atoms with van der Waals surface area (Å²) in [7, 11) is 0. The third-order valence-electron chi connectivity index (χ3n) is 1.87. The molecule has 5 nitrogen and oxygen atoms in total. The van der Waals surface area contributed by atoms with E-state index in [9.17, 15) is 4.79 Å². The molecule has 1 aromatic heterocycles. The highest BCUT2D eigenvalue weighted by atomic mass is 32.1. The molecule has 0 spiro atoms. The summed E-state index contributed by atoms with van der Waals surface area (Å²) in [4.78, 5) is 15.7. The van der Waals surface area contributed by atoms with Gasteiger partial charge in [-0.15, -0.1) is 11.3 Å². The standard InChI is InChI=1S/C11H19N3O2S/c1-7(9-6-17-8(2)12-9)13-14-10(15)16-11(3,4)5/h6-7,13H,1-5H3,(H,14,15). The van der Waals surface area contributed by atoms with Crippen molar-refractivity contribution >= 4 is 17.4 Å². The molecule has 1 heterocycles. The predicted octanol–water partition coefficient (Wildman–Crippen LogP) is 2.54. The average molecular weight is 257 g/mol. The molecule has 0 aliphatic heterocycles. The summed E-state index contributed by atoms with van der Waals surface area (Å²) in [5, 5.41) is 2.97. The van der Waals surface area contributed by atoms with Crippen molar-refractivity contribution in [2.24, 2.45) is 0 Å². The molecule has 0 aromatic carbocycles. The fourth-order valence-electron chi connectivity index (χ4n) is 1.12. The molecule has 0 saturated heterocycles. The van der Waals surface area contributed by atoms with E-state index in [0.717, 1.165) is 10.7 Å². The first-order valence-electron chi connectivity index (χ1n) is 5.44. The second kappa shape index (κ2) is 5.46. The zero-order valence-electron chi connectivity index (χ0n) is 10.8. The number of nitrogens with one attached hydrogen (secondary N) is 2. The van der Waals surface area contributed by atoms with Gasteiger partial charge in [0, 0.05) is 5.38 Å². The quantitative estimate of drug-likeness (QED) is 0.817. The summed E-state index contributed by atoms with van der Waals surface area (Å²) < 4.78 is 5.10. The van der Waals surface area contributed by atoms with Gasteiger partial charge in [-0.3, -0.25) is 5.43 Å². The van der Waals surface area contributed by atoms with Crippen LogP contribution in [0.1, 0.15) is 44.4 Å². The Labute approximate surface area is 106 Å². The molecule has 0 aliphatic carbocycles. The Bertz CT molecular complexity index is 384. The van der Waals surface area contributed by atoms with E-state index in [4.69, 9.17) is 4.74 Å². The topological polar surface area (TPSA) is 63.2 Å². The van der Waals surface area contributed by atoms with Crippen molar-refractivity contribution in [1.82, 2.24) is 15.8 Å². The summed E-state index contributed by atoms with van der Waals surface area (Å²) in [6, 6.07) is -0.0486. The van der Waals surface area contributed by atoms with Crippen LogP contribution in [0.5, 0.6) is 0 Å². The number of carbonyl (C=O) groups excluding carboxylic acids is 1. The first-order chi connectivity index (χ1) is 7.78. The van der Waals surface area contributed by atoms with E-state index in [1.807, 2.05) is 40.0 Å². The summed E-state index contributed by atoms with van der Waals surface area (Å²) in [6.07, 6.45) is -0.490. The number of thiazole rings is 1. The Hall–Kier alpha value is -1.14. The molecule has 1 atom stereocenters. The van der Waals surface area contributed by atoms with Crippen molar-refractivity contribution < 1.29 is 9.53 Å². The van der Waals surface area contributed by atoms with Gasteiger partial charge in [-0.05, 0) is 34.6 Å². The molecule has 0 fully saturated rings. The Balaban J connectivity index is 2.38. The number of carbonyl (C=O) groups is 1. The lowest BCUT2D eigenvalue weighted by Crippen LogP contribution is -2.42. The smallest absolute Gasteiger partial charge is 0.422 e. The van der Waals surface area contributed by atoms with Gasteiger partial charge in [-0.1, -0.05) is 0 Å². The van der Waals surface area contributed by atoms with Crippen LogP contribution in [0.15, 0.2) is 5.38 Å². The summed E-state index contributed by atoms with van der Waals surface area (Å²) in [5.74, 6) is 0. The van der Waals surface area contributed by atoms with Crippen molar-refractivity contribution in [3.63, 3.8) is 0 Å². The van der Waals surface area contributed by atoms with Crippen molar-refractivity contribution in [2.75, 3.05) is 0 Å². The highest BCUT2D eigenvalue weighted by Crippen LogP contribution is 2.15. The third kappa shape index (κ3) is 5.14. The van der Waals surface area contributed by atoms with Crippen LogP contribution in [-0.2, 0) is 4.74 Å². The fraction of sp³-hybridized carbons (Fsp3) is 0.636. The maximum Gasteiger partial charge on any atom is 0.422 e. The first-order valence-corrected chi connectivity index (χ1v) is 6.32. The van der Waals surface area contributed by atoms with Crippen LogP contribution < -0.4 is 10.9 Å². The minimum Gasteiger partial charge on any atom is -0.443 e. The van der Waals surface area contributed by atoms with Crippen LogP contribution in [0.4, 0.5) is 4.79 Å². The molecule has 1 rings (SSSR count). The number of aromatic nitrogens is 1. The highest BCUT2D eigenvalue weighted by molar-refractivity contribution is 7.09. The van der Waals surface area contributed by atoms with Gasteiger partial charge in [0.05, 0.1) is 16.7 Å². The molecule has 1 unspecified atom stereocenters. The van der Waals surface area contributed by atoms with Crippen LogP contribution in [0, 0.1) is 6.92 Å². The third-order valence-corrected chi connectivity index (χ3v) is 2.66. The van der Waals surface area contributed by atoms with Crippen LogP contribution >= 0.6 is 11.3 Å². The van der Waals surface area contributed by atoms with Gasteiger partial charge in [0.25, 0.3) is 0 Å². The Kier molecular flexibility index (Phi) is 4.47. The lowest BCUT2D eigenvalue weighted by Gasteiger charge is -2.21. The maximum atomic E-state index is 11.4. The normalized spacial score (nSPS) is 13.2. The van der Waals surface area contributed by atoms with Gasteiger partial charge in [0.15, 0.2) is 0 Å². The number of hydrazine groups is 1. The maximum absolute atomic E-state index is 11.4. The van der Waals surface area contributed by atoms with E-state index >= 15 is 0 Å². The van der Waals surface area contributed by atoms with Crippen LogP contribution in [0.25, 0.3) is 0 Å². The Morgan fingerprint density at radius 2 is 2.18 bits per heavy atom. The number of ether oxygens (including phenoxy) is 1. The zero-order chi connectivity index (χ0) is 13.1. The second-order valence-corrected chi connectivity index (χ2v) is 5.85. The van der Waals surface area contributed by atoms with E-state index in [1.54, 1.807) is 11.3 Å². The lowest BCUT2D eigenvalue weighted by molar-refractivity contribution is 0.0489. The second-order valence-electron chi connectivity index (χ2n) is 4.78. The van der Waals surface area contributed by atoms with Crippen LogP contribution in [0.2, 0.25) is 0 Å². The van der Waals surface area contributed by atoms with E-state index in [0.29, 0.717) is 0 Å². The molecule has 0 radical (unpaired) electrons. The molecular weight excluding hydrogens is 238 g/mol. The number of amides is 1. The largest absolute Gasteiger partial charge is 0.443 e. The zero-order valence-corrected chi connectivity index (χ0v) is 11.6. The van der Waals surface area contributed by atoms with E-state index < -0.39 is 11.7 Å². The van der Waals surface area contributed by atoms with Crippen molar-refractivity contribution in [3.8, 4) is 0 Å². The molecule has 96 valence electrons. The van der Waals surface area contributed by atoms with E-state index in [1.165, 1.54) is 0 Å². The molecule has 17 heavy (non-hydrogen) atoms. The van der Waals surface area contributed by atoms with Gasteiger partial charge in [0.1, 0.15) is 5.60 Å². The molecule has 0 aliphatic rings. The van der Waals surface area contributed by atoms with E-state index in [2.05, 4.69) is 15.8 Å². The van der Waals surface area contributed by atoms with Gasteiger partial charge in [-0.2, -0.15) is 0 Å². The Morgan fingerprint density at radius 3 is 2.65 bits per heavy atom. The molecule has 6 heteroatoms. The predicted molar refractivity (Wildman–Crippen MR) is 67.8 cm³/mol. The summed E-state index contributed by atoms with van der Waals surface area (Å²) in [5.41, 5.74) is 5.77. The molecule has 2 N–H and O–H groups in total. The van der Waals surface area contributed by atoms with Crippen molar-refractivity contribution in [2.45, 2.75) is 46.3 Å². The monoisotopic (exact) mass is 257 g/mol. The highest BCUT2D eigenvalue weighted by Gasteiger charge is 2.17. The first kappa shape index (κ1) is 13.9. The van der Waals surface area contributed by atoms with Crippen molar-refractivity contribution in [3.05, 3.63) is 16.1 Å².